The highest BCUT2D eigenvalue weighted by Gasteiger charge is 2.33. The molecule has 1 atom stereocenters. The Hall–Kier alpha value is -3.00. The number of fused-ring (bicyclic) bond motifs is 1. The number of nitrogens with one attached hydrogen (secondary N) is 2. The maximum Gasteiger partial charge on any atom is 0.255 e. The Balaban J connectivity index is 1.74. The predicted molar refractivity (Wildman–Crippen MR) is 106 cm³/mol. The van der Waals surface area contributed by atoms with Crippen LogP contribution in [0.5, 0.6) is 0 Å². The summed E-state index contributed by atoms with van der Waals surface area (Å²) in [6, 6.07) is 15.1. The van der Waals surface area contributed by atoms with E-state index in [9.17, 15) is 4.79 Å². The van der Waals surface area contributed by atoms with Gasteiger partial charge in [0, 0.05) is 15.9 Å². The van der Waals surface area contributed by atoms with Crippen molar-refractivity contribution in [3.05, 3.63) is 75.4 Å². The van der Waals surface area contributed by atoms with Crippen molar-refractivity contribution in [2.75, 3.05) is 10.6 Å². The molecule has 0 spiro atoms. The average Bonchev–Trinajstić information content (AvgIpc) is 3.11. The number of amides is 1. The van der Waals surface area contributed by atoms with Gasteiger partial charge >= 0.3 is 0 Å². The van der Waals surface area contributed by atoms with Gasteiger partial charge in [-0.15, -0.1) is 0 Å². The number of nitrogens with zero attached hydrogens (tertiary/aromatic N) is 4. The Bertz CT molecular complexity index is 1020. The molecule has 0 unspecified atom stereocenters. The number of hydrogen-bond donors (Lipinski definition) is 2. The lowest BCUT2D eigenvalue weighted by Crippen LogP contribution is -2.31. The molecule has 4 rings (SSSR count). The molecule has 2 aromatic carbocycles. The number of halogens is 1. The first-order chi connectivity index (χ1) is 13.0. The summed E-state index contributed by atoms with van der Waals surface area (Å²) in [6.07, 6.45) is 0. The summed E-state index contributed by atoms with van der Waals surface area (Å²) in [5.74, 6) is 0.310. The van der Waals surface area contributed by atoms with E-state index in [2.05, 4.69) is 42.1 Å². The number of aromatic nitrogens is 4. The van der Waals surface area contributed by atoms with Crippen molar-refractivity contribution in [2.24, 2.45) is 0 Å². The molecule has 0 bridgehead atoms. The number of rotatable bonds is 3. The van der Waals surface area contributed by atoms with Gasteiger partial charge in [-0.25, -0.2) is 0 Å². The second-order valence-corrected chi connectivity index (χ2v) is 7.30. The third-order valence-corrected chi connectivity index (χ3v) is 4.98. The Morgan fingerprint density at radius 2 is 1.81 bits per heavy atom. The number of hydrogen-bond acceptors (Lipinski definition) is 5. The van der Waals surface area contributed by atoms with Crippen molar-refractivity contribution in [1.82, 2.24) is 20.2 Å². The molecule has 136 valence electrons. The van der Waals surface area contributed by atoms with Crippen LogP contribution in [-0.4, -0.2) is 26.1 Å². The molecule has 2 heterocycles. The van der Waals surface area contributed by atoms with Crippen LogP contribution in [-0.2, 0) is 4.79 Å². The number of allylic oxidation sites excluding steroid dienone is 1. The highest BCUT2D eigenvalue weighted by Crippen LogP contribution is 2.35. The second kappa shape index (κ2) is 6.96. The number of carbonyl (C=O) groups excluding carboxylic acids is 1. The number of benzene rings is 2. The largest absolute Gasteiger partial charge is 0.326 e. The Morgan fingerprint density at radius 3 is 2.52 bits per heavy atom. The van der Waals surface area contributed by atoms with Gasteiger partial charge < -0.3 is 10.6 Å². The van der Waals surface area contributed by atoms with Crippen LogP contribution in [0.1, 0.15) is 24.1 Å². The predicted octanol–water partition coefficient (Wildman–Crippen LogP) is 3.67. The molecule has 27 heavy (non-hydrogen) atoms. The van der Waals surface area contributed by atoms with Crippen LogP contribution >= 0.6 is 15.9 Å². The molecule has 0 saturated carbocycles. The number of anilines is 2. The minimum Gasteiger partial charge on any atom is -0.326 e. The first-order valence-corrected chi connectivity index (χ1v) is 9.21. The first-order valence-electron chi connectivity index (χ1n) is 8.42. The average molecular weight is 425 g/mol. The zero-order valence-electron chi connectivity index (χ0n) is 14.8. The maximum atomic E-state index is 13.1. The molecule has 2 N–H and O–H groups in total. The summed E-state index contributed by atoms with van der Waals surface area (Å²) >= 11 is 3.45. The van der Waals surface area contributed by atoms with Gasteiger partial charge in [0.25, 0.3) is 5.91 Å². The number of tetrazole rings is 1. The molecule has 0 radical (unpaired) electrons. The Kier molecular flexibility index (Phi) is 4.49. The summed E-state index contributed by atoms with van der Waals surface area (Å²) in [5, 5.41) is 17.9. The van der Waals surface area contributed by atoms with E-state index >= 15 is 0 Å². The fraction of sp³-hybridized carbons (Fsp3) is 0.158. The van der Waals surface area contributed by atoms with Crippen molar-refractivity contribution < 1.29 is 4.79 Å². The third kappa shape index (κ3) is 3.35. The smallest absolute Gasteiger partial charge is 0.255 e. The lowest BCUT2D eigenvalue weighted by molar-refractivity contribution is -0.113. The van der Waals surface area contributed by atoms with E-state index in [0.717, 1.165) is 27.0 Å². The first kappa shape index (κ1) is 17.4. The molecule has 0 aliphatic carbocycles. The van der Waals surface area contributed by atoms with Gasteiger partial charge in [0.2, 0.25) is 5.95 Å². The van der Waals surface area contributed by atoms with Gasteiger partial charge in [-0.2, -0.15) is 4.68 Å². The van der Waals surface area contributed by atoms with E-state index in [-0.39, 0.29) is 5.91 Å². The molecular weight excluding hydrogens is 408 g/mol. The monoisotopic (exact) mass is 424 g/mol. The summed E-state index contributed by atoms with van der Waals surface area (Å²) in [7, 11) is 0. The van der Waals surface area contributed by atoms with E-state index in [1.54, 1.807) is 4.68 Å². The molecular formula is C19H17BrN6O. The van der Waals surface area contributed by atoms with Crippen LogP contribution in [0.15, 0.2) is 64.3 Å². The normalized spacial score (nSPS) is 15.9. The minimum absolute atomic E-state index is 0.196. The quantitative estimate of drug-likeness (QED) is 0.669. The van der Waals surface area contributed by atoms with Crippen LogP contribution in [0.3, 0.4) is 0 Å². The molecule has 1 amide bonds. The third-order valence-electron chi connectivity index (χ3n) is 4.45. The lowest BCUT2D eigenvalue weighted by atomic mass is 9.95. The molecule has 1 aromatic heterocycles. The molecule has 3 aromatic rings. The van der Waals surface area contributed by atoms with Crippen molar-refractivity contribution in [3.63, 3.8) is 0 Å². The van der Waals surface area contributed by atoms with E-state index in [0.29, 0.717) is 11.5 Å². The Morgan fingerprint density at radius 1 is 1.11 bits per heavy atom. The fourth-order valence-corrected chi connectivity index (χ4v) is 3.36. The van der Waals surface area contributed by atoms with Gasteiger partial charge in [-0.05, 0) is 54.1 Å². The lowest BCUT2D eigenvalue weighted by Gasteiger charge is -2.28. The molecule has 0 saturated heterocycles. The topological polar surface area (TPSA) is 84.7 Å². The summed E-state index contributed by atoms with van der Waals surface area (Å²) in [6.45, 7) is 3.86. The van der Waals surface area contributed by atoms with Gasteiger partial charge in [0.05, 0.1) is 5.57 Å². The van der Waals surface area contributed by atoms with Crippen LogP contribution in [0, 0.1) is 6.92 Å². The van der Waals surface area contributed by atoms with E-state index < -0.39 is 6.04 Å². The van der Waals surface area contributed by atoms with Crippen LogP contribution in [0.25, 0.3) is 0 Å². The minimum atomic E-state index is -0.421. The van der Waals surface area contributed by atoms with Crippen molar-refractivity contribution >= 4 is 33.5 Å². The van der Waals surface area contributed by atoms with Crippen molar-refractivity contribution in [3.8, 4) is 0 Å². The molecule has 0 fully saturated rings. The van der Waals surface area contributed by atoms with Gasteiger partial charge in [0.1, 0.15) is 6.04 Å². The summed E-state index contributed by atoms with van der Waals surface area (Å²) in [5.41, 5.74) is 4.07. The highest BCUT2D eigenvalue weighted by molar-refractivity contribution is 9.10. The van der Waals surface area contributed by atoms with Crippen LogP contribution in [0.4, 0.5) is 11.6 Å². The van der Waals surface area contributed by atoms with Gasteiger partial charge in [-0.3, -0.25) is 4.79 Å². The standard InChI is InChI=1S/C19H17BrN6O/c1-11-3-9-15(10-4-11)22-18(27)16-12(2)21-19-23-24-25-26(19)17(16)13-5-7-14(20)8-6-13/h3-10,17H,1-2H3,(H,22,27)(H,21,23,25)/t17-/m1/s1. The number of aryl methyl sites for hydroxylation is 1. The SMILES string of the molecule is CC1=C(C(=O)Nc2ccc(C)cc2)[C@@H](c2ccc(Br)cc2)n2nnnc2N1. The molecule has 1 aliphatic heterocycles. The van der Waals surface area contributed by atoms with Crippen molar-refractivity contribution in [2.45, 2.75) is 19.9 Å². The maximum absolute atomic E-state index is 13.1. The molecule has 1 aliphatic rings. The second-order valence-electron chi connectivity index (χ2n) is 6.38. The molecule has 7 nitrogen and oxygen atoms in total. The number of carbonyl (C=O) groups is 1. The van der Waals surface area contributed by atoms with Crippen LogP contribution in [0.2, 0.25) is 0 Å². The highest BCUT2D eigenvalue weighted by atomic mass is 79.9. The summed E-state index contributed by atoms with van der Waals surface area (Å²) < 4.78 is 2.59. The molecule has 8 heteroatoms. The van der Waals surface area contributed by atoms with Crippen LogP contribution < -0.4 is 10.6 Å². The van der Waals surface area contributed by atoms with Gasteiger partial charge in [-0.1, -0.05) is 50.9 Å². The van der Waals surface area contributed by atoms with E-state index in [1.807, 2.05) is 62.4 Å². The van der Waals surface area contributed by atoms with E-state index in [1.165, 1.54) is 0 Å². The summed E-state index contributed by atoms with van der Waals surface area (Å²) in [4.78, 5) is 13.1. The van der Waals surface area contributed by atoms with E-state index in [4.69, 9.17) is 0 Å². The zero-order chi connectivity index (χ0) is 19.0. The van der Waals surface area contributed by atoms with Crippen molar-refractivity contribution in [1.29, 1.82) is 0 Å². The zero-order valence-corrected chi connectivity index (χ0v) is 16.4. The Labute approximate surface area is 164 Å². The van der Waals surface area contributed by atoms with Gasteiger partial charge in [0.15, 0.2) is 0 Å². The fourth-order valence-electron chi connectivity index (χ4n) is 3.09.